The van der Waals surface area contributed by atoms with Crippen molar-refractivity contribution in [2.24, 2.45) is 23.7 Å². The fourth-order valence-corrected chi connectivity index (χ4v) is 4.66. The Morgan fingerprint density at radius 1 is 1.03 bits per heavy atom. The van der Waals surface area contributed by atoms with E-state index in [0.29, 0.717) is 30.8 Å². The summed E-state index contributed by atoms with van der Waals surface area (Å²) in [6, 6.07) is 6.36. The Balaban J connectivity index is 0.00000182. The molecule has 0 bridgehead atoms. The standard InChI is InChI=1S/C27H44O4.C3H8/c1-20(2)25(14-13-24(12-10-21(3)28)23-8-6-9-23)18-22-11-15-26(30-5)27(19-22)31-17-7-16-29-4;1-3-2/h11,15,19-20,23-25H,6-10,12-14,16-18H2,1-5H3;3H2,1-2H3. The van der Waals surface area contributed by atoms with E-state index in [1.54, 1.807) is 21.1 Å². The van der Waals surface area contributed by atoms with E-state index in [1.807, 2.05) is 6.07 Å². The summed E-state index contributed by atoms with van der Waals surface area (Å²) in [6.45, 7) is 12.0. The molecule has 0 saturated heterocycles. The first-order valence-corrected chi connectivity index (χ1v) is 13.6. The van der Waals surface area contributed by atoms with Crippen molar-refractivity contribution in [1.29, 1.82) is 0 Å². The molecule has 0 radical (unpaired) electrons. The molecule has 2 rings (SSSR count). The maximum absolute atomic E-state index is 11.5. The number of hydrogen-bond acceptors (Lipinski definition) is 4. The van der Waals surface area contributed by atoms with Crippen LogP contribution in [0.2, 0.25) is 0 Å². The first kappa shape index (κ1) is 30.5. The molecule has 0 amide bonds. The summed E-state index contributed by atoms with van der Waals surface area (Å²) >= 11 is 0. The van der Waals surface area contributed by atoms with Crippen LogP contribution < -0.4 is 9.47 Å². The minimum atomic E-state index is 0.334. The van der Waals surface area contributed by atoms with Crippen molar-refractivity contribution in [3.05, 3.63) is 23.8 Å². The number of rotatable bonds is 16. The van der Waals surface area contributed by atoms with Crippen LogP contribution in [0, 0.1) is 23.7 Å². The molecular formula is C30H52O4. The summed E-state index contributed by atoms with van der Waals surface area (Å²) in [5, 5.41) is 0. The van der Waals surface area contributed by atoms with Crippen molar-refractivity contribution in [3.63, 3.8) is 0 Å². The highest BCUT2D eigenvalue weighted by Gasteiger charge is 2.28. The van der Waals surface area contributed by atoms with Crippen LogP contribution in [-0.4, -0.2) is 33.2 Å². The minimum Gasteiger partial charge on any atom is -0.493 e. The van der Waals surface area contributed by atoms with Gasteiger partial charge in [-0.3, -0.25) is 0 Å². The zero-order valence-corrected chi connectivity index (χ0v) is 23.2. The molecule has 2 atom stereocenters. The quantitative estimate of drug-likeness (QED) is 0.227. The van der Waals surface area contributed by atoms with E-state index in [0.717, 1.165) is 49.0 Å². The maximum Gasteiger partial charge on any atom is 0.161 e. The Morgan fingerprint density at radius 3 is 2.26 bits per heavy atom. The molecule has 1 saturated carbocycles. The highest BCUT2D eigenvalue weighted by molar-refractivity contribution is 5.75. The van der Waals surface area contributed by atoms with Gasteiger partial charge in [-0.25, -0.2) is 0 Å². The molecule has 1 fully saturated rings. The van der Waals surface area contributed by atoms with Gasteiger partial charge >= 0.3 is 0 Å². The lowest BCUT2D eigenvalue weighted by atomic mass is 9.70. The molecule has 0 spiro atoms. The number of Topliss-reactive ketones (excluding diaryl/α,β-unsaturated/α-hetero) is 1. The lowest BCUT2D eigenvalue weighted by Crippen LogP contribution is -2.24. The van der Waals surface area contributed by atoms with Crippen LogP contribution in [0.25, 0.3) is 0 Å². The van der Waals surface area contributed by atoms with Crippen LogP contribution in [0.15, 0.2) is 18.2 Å². The third kappa shape index (κ3) is 11.7. The van der Waals surface area contributed by atoms with Crippen LogP contribution in [0.4, 0.5) is 0 Å². The monoisotopic (exact) mass is 476 g/mol. The number of carbonyl (C=O) groups is 1. The summed E-state index contributed by atoms with van der Waals surface area (Å²) in [5.41, 5.74) is 1.31. The second-order valence-corrected chi connectivity index (χ2v) is 10.4. The van der Waals surface area contributed by atoms with Gasteiger partial charge in [0.25, 0.3) is 0 Å². The lowest BCUT2D eigenvalue weighted by molar-refractivity contribution is -0.117. The Labute approximate surface area is 210 Å². The molecule has 1 aliphatic carbocycles. The molecule has 0 aliphatic heterocycles. The molecule has 0 heterocycles. The molecule has 1 aromatic rings. The maximum atomic E-state index is 11.5. The minimum absolute atomic E-state index is 0.334. The van der Waals surface area contributed by atoms with Crippen LogP contribution in [-0.2, 0) is 16.0 Å². The van der Waals surface area contributed by atoms with E-state index in [-0.39, 0.29) is 0 Å². The average molecular weight is 477 g/mol. The molecular weight excluding hydrogens is 424 g/mol. The highest BCUT2D eigenvalue weighted by Crippen LogP contribution is 2.40. The Bertz CT molecular complexity index is 666. The highest BCUT2D eigenvalue weighted by atomic mass is 16.5. The fraction of sp³-hybridized carbons (Fsp3) is 0.767. The molecule has 196 valence electrons. The number of ether oxygens (including phenoxy) is 3. The van der Waals surface area contributed by atoms with Gasteiger partial charge in [0.05, 0.1) is 13.7 Å². The van der Waals surface area contributed by atoms with Gasteiger partial charge in [-0.05, 0) is 74.0 Å². The van der Waals surface area contributed by atoms with Gasteiger partial charge in [-0.1, -0.05) is 59.4 Å². The van der Waals surface area contributed by atoms with E-state index in [4.69, 9.17) is 14.2 Å². The van der Waals surface area contributed by atoms with Crippen LogP contribution in [0.3, 0.4) is 0 Å². The first-order chi connectivity index (χ1) is 16.4. The summed E-state index contributed by atoms with van der Waals surface area (Å²) < 4.78 is 16.6. The van der Waals surface area contributed by atoms with Crippen molar-refractivity contribution in [2.45, 2.75) is 98.8 Å². The third-order valence-corrected chi connectivity index (χ3v) is 7.01. The molecule has 1 aliphatic rings. The van der Waals surface area contributed by atoms with E-state index >= 15 is 0 Å². The van der Waals surface area contributed by atoms with Crippen molar-refractivity contribution in [2.75, 3.05) is 27.4 Å². The van der Waals surface area contributed by atoms with Crippen molar-refractivity contribution < 1.29 is 19.0 Å². The number of benzene rings is 1. The molecule has 34 heavy (non-hydrogen) atoms. The van der Waals surface area contributed by atoms with Gasteiger partial charge in [0, 0.05) is 26.6 Å². The zero-order chi connectivity index (χ0) is 25.3. The Kier molecular flexibility index (Phi) is 16.0. The fourth-order valence-electron chi connectivity index (χ4n) is 4.66. The normalized spacial score (nSPS) is 15.2. The first-order valence-electron chi connectivity index (χ1n) is 13.6. The summed E-state index contributed by atoms with van der Waals surface area (Å²) in [6.07, 6.45) is 11.6. The average Bonchev–Trinajstić information content (AvgIpc) is 2.76. The van der Waals surface area contributed by atoms with E-state index in [2.05, 4.69) is 39.8 Å². The Hall–Kier alpha value is -1.55. The smallest absolute Gasteiger partial charge is 0.161 e. The second-order valence-electron chi connectivity index (χ2n) is 10.4. The lowest BCUT2D eigenvalue weighted by Gasteiger charge is -2.35. The summed E-state index contributed by atoms with van der Waals surface area (Å²) in [5.74, 6) is 4.78. The van der Waals surface area contributed by atoms with Crippen molar-refractivity contribution in [1.82, 2.24) is 0 Å². The topological polar surface area (TPSA) is 44.8 Å². The van der Waals surface area contributed by atoms with E-state index in [1.165, 1.54) is 44.1 Å². The molecule has 2 unspecified atom stereocenters. The molecule has 0 N–H and O–H groups in total. The Morgan fingerprint density at radius 2 is 1.74 bits per heavy atom. The molecule has 4 heteroatoms. The van der Waals surface area contributed by atoms with Gasteiger partial charge in [0.15, 0.2) is 11.5 Å². The molecule has 1 aromatic carbocycles. The van der Waals surface area contributed by atoms with Gasteiger partial charge in [-0.15, -0.1) is 0 Å². The molecule has 0 aromatic heterocycles. The van der Waals surface area contributed by atoms with Gasteiger partial charge < -0.3 is 19.0 Å². The van der Waals surface area contributed by atoms with Gasteiger partial charge in [0.1, 0.15) is 5.78 Å². The van der Waals surface area contributed by atoms with Crippen LogP contribution >= 0.6 is 0 Å². The molecule has 4 nitrogen and oxygen atoms in total. The summed E-state index contributed by atoms with van der Waals surface area (Å²) in [7, 11) is 3.40. The largest absolute Gasteiger partial charge is 0.493 e. The SMILES string of the molecule is CCC.COCCCOc1cc(CC(CCC(CCC(C)=O)C2CCC2)C(C)C)ccc1OC. The second kappa shape index (κ2) is 17.8. The van der Waals surface area contributed by atoms with E-state index in [9.17, 15) is 4.79 Å². The predicted molar refractivity (Wildman–Crippen MR) is 143 cm³/mol. The van der Waals surface area contributed by atoms with Crippen LogP contribution in [0.5, 0.6) is 11.5 Å². The van der Waals surface area contributed by atoms with Gasteiger partial charge in [0.2, 0.25) is 0 Å². The third-order valence-electron chi connectivity index (χ3n) is 7.01. The van der Waals surface area contributed by atoms with Crippen LogP contribution in [0.1, 0.15) is 98.0 Å². The number of methoxy groups -OCH3 is 2. The van der Waals surface area contributed by atoms with E-state index < -0.39 is 0 Å². The van der Waals surface area contributed by atoms with Crippen molar-refractivity contribution >= 4 is 5.78 Å². The number of hydrogen-bond donors (Lipinski definition) is 0. The number of ketones is 1. The summed E-state index contributed by atoms with van der Waals surface area (Å²) in [4.78, 5) is 11.5. The van der Waals surface area contributed by atoms with Crippen molar-refractivity contribution in [3.8, 4) is 11.5 Å². The zero-order valence-electron chi connectivity index (χ0n) is 23.2. The number of carbonyl (C=O) groups excluding carboxylic acids is 1. The van der Waals surface area contributed by atoms with Gasteiger partial charge in [-0.2, -0.15) is 0 Å². The predicted octanol–water partition coefficient (Wildman–Crippen LogP) is 7.91.